The van der Waals surface area contributed by atoms with Gasteiger partial charge in [0, 0.05) is 0 Å². The molecule has 0 heteroatoms. The molecule has 0 bridgehead atoms. The lowest BCUT2D eigenvalue weighted by Crippen LogP contribution is -2.44. The maximum atomic E-state index is 2.78. The zero-order chi connectivity index (χ0) is 24.8. The summed E-state index contributed by atoms with van der Waals surface area (Å²) in [5, 5.41) is 0. The summed E-state index contributed by atoms with van der Waals surface area (Å²) in [7, 11) is 0. The Morgan fingerprint density at radius 3 is 2.35 bits per heavy atom. The first-order valence-electron chi connectivity index (χ1n) is 15.9. The van der Waals surface area contributed by atoms with E-state index in [2.05, 4.69) is 54.5 Å². The van der Waals surface area contributed by atoms with Crippen molar-refractivity contribution in [2.24, 2.45) is 46.3 Å². The lowest BCUT2D eigenvalue weighted by atomic mass is 9.51. The lowest BCUT2D eigenvalue weighted by molar-refractivity contribution is 0.0184. The molecule has 6 atom stereocenters. The van der Waals surface area contributed by atoms with Crippen LogP contribution < -0.4 is 0 Å². The second kappa shape index (κ2) is 12.8. The van der Waals surface area contributed by atoms with E-state index >= 15 is 0 Å². The van der Waals surface area contributed by atoms with E-state index in [0.717, 1.165) is 35.5 Å². The van der Waals surface area contributed by atoms with Crippen LogP contribution in [0, 0.1) is 46.3 Å². The highest BCUT2D eigenvalue weighted by atomic mass is 14.5. The molecular weight excluding hydrogens is 408 g/mol. The first kappa shape index (κ1) is 28.3. The topological polar surface area (TPSA) is 0 Å². The zero-order valence-electron chi connectivity index (χ0n) is 24.6. The van der Waals surface area contributed by atoms with Crippen molar-refractivity contribution in [3.05, 3.63) is 11.6 Å². The maximum Gasteiger partial charge on any atom is -0.00852 e. The van der Waals surface area contributed by atoms with Crippen molar-refractivity contribution in [3.8, 4) is 0 Å². The van der Waals surface area contributed by atoms with Crippen molar-refractivity contribution in [2.75, 3.05) is 0 Å². The van der Waals surface area contributed by atoms with E-state index in [4.69, 9.17) is 0 Å². The highest BCUT2D eigenvalue weighted by Crippen LogP contribution is 2.59. The van der Waals surface area contributed by atoms with Gasteiger partial charge in [-0.25, -0.2) is 0 Å². The van der Waals surface area contributed by atoms with Crippen molar-refractivity contribution in [1.82, 2.24) is 0 Å². The van der Waals surface area contributed by atoms with Crippen LogP contribution in [0.2, 0.25) is 0 Å². The molecule has 0 saturated heterocycles. The Bertz CT molecular complexity index is 624. The van der Waals surface area contributed by atoms with E-state index in [0.29, 0.717) is 10.8 Å². The van der Waals surface area contributed by atoms with Gasteiger partial charge >= 0.3 is 0 Å². The quantitative estimate of drug-likeness (QED) is 0.208. The predicted molar refractivity (Wildman–Crippen MR) is 152 cm³/mol. The molecule has 0 N–H and O–H groups in total. The molecule has 2 fully saturated rings. The molecule has 3 aliphatic carbocycles. The van der Waals surface area contributed by atoms with Gasteiger partial charge in [-0.3, -0.25) is 0 Å². The second-order valence-electron chi connectivity index (χ2n) is 14.6. The fraction of sp³-hybridized carbons (Fsp3) is 0.941. The van der Waals surface area contributed by atoms with Gasteiger partial charge in [0.05, 0.1) is 0 Å². The van der Waals surface area contributed by atoms with Gasteiger partial charge in [0.25, 0.3) is 0 Å². The van der Waals surface area contributed by atoms with Gasteiger partial charge in [-0.15, -0.1) is 0 Å². The minimum absolute atomic E-state index is 0.510. The summed E-state index contributed by atoms with van der Waals surface area (Å²) >= 11 is 0. The Balaban J connectivity index is 1.60. The summed E-state index contributed by atoms with van der Waals surface area (Å²) in [5.74, 6) is 5.57. The smallest absolute Gasteiger partial charge is 0.00852 e. The number of allylic oxidation sites excluding steroid dienone is 2. The molecule has 0 spiro atoms. The summed E-state index contributed by atoms with van der Waals surface area (Å²) in [6, 6.07) is 0. The molecule has 198 valence electrons. The minimum Gasteiger partial charge on any atom is -0.0845 e. The van der Waals surface area contributed by atoms with Gasteiger partial charge in [0.1, 0.15) is 0 Å². The summed E-state index contributed by atoms with van der Waals surface area (Å²) in [4.78, 5) is 0. The monoisotopic (exact) mass is 470 g/mol. The number of hydrogen-bond acceptors (Lipinski definition) is 0. The largest absolute Gasteiger partial charge is 0.0845 e. The average molecular weight is 471 g/mol. The van der Waals surface area contributed by atoms with Crippen LogP contribution in [0.5, 0.6) is 0 Å². The third kappa shape index (κ3) is 7.16. The van der Waals surface area contributed by atoms with Crippen LogP contribution in [-0.2, 0) is 0 Å². The molecule has 0 radical (unpaired) electrons. The third-order valence-electron chi connectivity index (χ3n) is 11.2. The van der Waals surface area contributed by atoms with Crippen molar-refractivity contribution < 1.29 is 0 Å². The van der Waals surface area contributed by atoms with Gasteiger partial charge in [0.2, 0.25) is 0 Å². The van der Waals surface area contributed by atoms with E-state index < -0.39 is 0 Å². The summed E-state index contributed by atoms with van der Waals surface area (Å²) < 4.78 is 0. The molecular formula is C34H62. The van der Waals surface area contributed by atoms with E-state index in [1.807, 2.05) is 5.57 Å². The number of hydrogen-bond donors (Lipinski definition) is 0. The second-order valence-corrected chi connectivity index (χ2v) is 14.6. The Morgan fingerprint density at radius 2 is 1.62 bits per heavy atom. The fourth-order valence-corrected chi connectivity index (χ4v) is 8.79. The van der Waals surface area contributed by atoms with Crippen LogP contribution in [0.3, 0.4) is 0 Å². The van der Waals surface area contributed by atoms with Crippen molar-refractivity contribution in [2.45, 2.75) is 158 Å². The first-order valence-corrected chi connectivity index (χ1v) is 15.9. The molecule has 0 amide bonds. The standard InChI is InChI=1S/C34H62/c1-8-9-10-11-12-16-28-21-24-34(7)30(25-28)19-17-29-18-20-31(27(4)15-13-14-26(2)3)33(5,6)23-22-32(29)34/h19,26-29,31-32H,8-18,20-25H2,1-7H3. The lowest BCUT2D eigenvalue weighted by Gasteiger charge is -2.54. The molecule has 2 saturated carbocycles. The predicted octanol–water partition coefficient (Wildman–Crippen LogP) is 11.4. The Labute approximate surface area is 215 Å². The summed E-state index contributed by atoms with van der Waals surface area (Å²) in [6.45, 7) is 17.7. The molecule has 0 aromatic carbocycles. The molecule has 0 nitrogen and oxygen atoms in total. The molecule has 3 aliphatic rings. The summed E-state index contributed by atoms with van der Waals surface area (Å²) in [6.07, 6.45) is 27.5. The Morgan fingerprint density at radius 1 is 0.853 bits per heavy atom. The van der Waals surface area contributed by atoms with Gasteiger partial charge in [-0.1, -0.05) is 118 Å². The molecule has 0 aromatic heterocycles. The van der Waals surface area contributed by atoms with E-state index in [-0.39, 0.29) is 0 Å². The Kier molecular flexibility index (Phi) is 10.7. The van der Waals surface area contributed by atoms with Crippen LogP contribution in [0.25, 0.3) is 0 Å². The average Bonchev–Trinajstić information content (AvgIpc) is 2.76. The van der Waals surface area contributed by atoms with Crippen LogP contribution in [-0.4, -0.2) is 0 Å². The van der Waals surface area contributed by atoms with Gasteiger partial charge in [-0.05, 0) is 97.7 Å². The molecule has 0 aromatic rings. The van der Waals surface area contributed by atoms with Crippen LogP contribution >= 0.6 is 0 Å². The fourth-order valence-electron chi connectivity index (χ4n) is 8.79. The molecule has 0 aliphatic heterocycles. The minimum atomic E-state index is 0.510. The Hall–Kier alpha value is -0.260. The van der Waals surface area contributed by atoms with Crippen LogP contribution in [0.4, 0.5) is 0 Å². The SMILES string of the molecule is CCCCCCCC1CCC2(C)C(=CCC3CCC(C(C)CCCC(C)C)C(C)(C)CCC32)C1. The van der Waals surface area contributed by atoms with Gasteiger partial charge < -0.3 is 0 Å². The number of fused-ring (bicyclic) bond motifs is 3. The molecule has 0 heterocycles. The number of rotatable bonds is 11. The van der Waals surface area contributed by atoms with Gasteiger partial charge in [0.15, 0.2) is 0 Å². The van der Waals surface area contributed by atoms with E-state index in [1.165, 1.54) is 109 Å². The normalized spacial score (nSPS) is 34.5. The molecule has 3 rings (SSSR count). The van der Waals surface area contributed by atoms with Crippen molar-refractivity contribution in [3.63, 3.8) is 0 Å². The van der Waals surface area contributed by atoms with Crippen molar-refractivity contribution in [1.29, 1.82) is 0 Å². The van der Waals surface area contributed by atoms with Crippen molar-refractivity contribution >= 4 is 0 Å². The van der Waals surface area contributed by atoms with Crippen LogP contribution in [0.1, 0.15) is 158 Å². The molecule has 34 heavy (non-hydrogen) atoms. The third-order valence-corrected chi connectivity index (χ3v) is 11.2. The van der Waals surface area contributed by atoms with Crippen LogP contribution in [0.15, 0.2) is 11.6 Å². The first-order chi connectivity index (χ1) is 16.2. The van der Waals surface area contributed by atoms with E-state index in [1.54, 1.807) is 0 Å². The zero-order valence-corrected chi connectivity index (χ0v) is 24.6. The molecule has 6 unspecified atom stereocenters. The maximum absolute atomic E-state index is 2.78. The van der Waals surface area contributed by atoms with E-state index in [9.17, 15) is 0 Å². The number of unbranched alkanes of at least 4 members (excludes halogenated alkanes) is 4. The highest BCUT2D eigenvalue weighted by molar-refractivity contribution is 5.23. The highest BCUT2D eigenvalue weighted by Gasteiger charge is 2.48. The van der Waals surface area contributed by atoms with Gasteiger partial charge in [-0.2, -0.15) is 0 Å². The summed E-state index contributed by atoms with van der Waals surface area (Å²) in [5.41, 5.74) is 2.93.